The van der Waals surface area contributed by atoms with E-state index < -0.39 is 4.30 Å². The van der Waals surface area contributed by atoms with E-state index in [0.29, 0.717) is 22.3 Å². The first kappa shape index (κ1) is 25.4. The number of fused-ring (bicyclic) bond motifs is 2. The first-order chi connectivity index (χ1) is 14.9. The lowest BCUT2D eigenvalue weighted by molar-refractivity contribution is 0.612. The predicted octanol–water partition coefficient (Wildman–Crippen LogP) is 2.55. The van der Waals surface area contributed by atoms with Crippen molar-refractivity contribution in [2.24, 2.45) is 0 Å². The van der Waals surface area contributed by atoms with Gasteiger partial charge in [-0.15, -0.1) is 0 Å². The Balaban J connectivity index is 0.000000195. The minimum absolute atomic E-state index is 0.116. The molecule has 174 valence electrons. The molecular formula is C17H23Cl3N10O2. The lowest BCUT2D eigenvalue weighted by atomic mass is 10.4. The fourth-order valence-corrected chi connectivity index (χ4v) is 2.64. The van der Waals surface area contributed by atoms with Gasteiger partial charge in [-0.25, -0.2) is 9.97 Å². The van der Waals surface area contributed by atoms with Crippen LogP contribution < -0.4 is 22.6 Å². The maximum absolute atomic E-state index is 11.4. The molecule has 4 heterocycles. The van der Waals surface area contributed by atoms with Crippen LogP contribution in [0.25, 0.3) is 22.3 Å². The van der Waals surface area contributed by atoms with Gasteiger partial charge in [0.25, 0.3) is 11.1 Å². The number of aromatic amines is 2. The van der Waals surface area contributed by atoms with Crippen molar-refractivity contribution in [2.75, 3.05) is 11.5 Å². The molecule has 6 N–H and O–H groups in total. The number of H-pyrrole nitrogens is 2. The number of halogens is 3. The van der Waals surface area contributed by atoms with E-state index in [2.05, 4.69) is 29.9 Å². The van der Waals surface area contributed by atoms with Gasteiger partial charge in [0, 0.05) is 12.1 Å². The number of hydrogen-bond acceptors (Lipinski definition) is 8. The number of nitrogens with two attached hydrogens (primary N) is 2. The molecule has 32 heavy (non-hydrogen) atoms. The Morgan fingerprint density at radius 2 is 1.09 bits per heavy atom. The molecule has 0 aliphatic heterocycles. The lowest BCUT2D eigenvalue weighted by Crippen LogP contribution is -2.12. The van der Waals surface area contributed by atoms with E-state index in [0.717, 1.165) is 0 Å². The van der Waals surface area contributed by atoms with Crippen LogP contribution in [0.4, 0.5) is 11.9 Å². The summed E-state index contributed by atoms with van der Waals surface area (Å²) in [6, 6.07) is 0.405. The summed E-state index contributed by atoms with van der Waals surface area (Å²) in [6.07, 6.45) is 3.19. The molecule has 0 radical (unpaired) electrons. The normalized spacial score (nSPS) is 11.1. The molecule has 4 rings (SSSR count). The number of anilines is 2. The zero-order valence-corrected chi connectivity index (χ0v) is 19.9. The third-order valence-corrected chi connectivity index (χ3v) is 4.01. The Bertz CT molecular complexity index is 1200. The minimum Gasteiger partial charge on any atom is -0.369 e. The van der Waals surface area contributed by atoms with Crippen LogP contribution in [0, 0.1) is 0 Å². The highest BCUT2D eigenvalue weighted by molar-refractivity contribution is 6.63. The van der Waals surface area contributed by atoms with E-state index in [1.807, 2.05) is 27.7 Å². The maximum atomic E-state index is 11.4. The zero-order chi connectivity index (χ0) is 24.2. The monoisotopic (exact) mass is 504 g/mol. The number of aromatic nitrogens is 8. The highest BCUT2D eigenvalue weighted by Gasteiger charge is 2.11. The SMILES string of the molecule is CC(C)n1cnc2c(=O)[nH]c(N)nc21.CC(C)n1cnc2c(=O)[nH]c(N)nc21.ClC(Cl)Cl. The molecule has 0 saturated heterocycles. The van der Waals surface area contributed by atoms with E-state index in [-0.39, 0.29) is 35.1 Å². The lowest BCUT2D eigenvalue weighted by Gasteiger charge is -2.06. The number of nitrogens with one attached hydrogen (secondary N) is 2. The molecule has 0 amide bonds. The van der Waals surface area contributed by atoms with Gasteiger partial charge in [0.05, 0.1) is 12.7 Å². The van der Waals surface area contributed by atoms with Crippen molar-refractivity contribution in [3.05, 3.63) is 33.4 Å². The molecule has 0 spiro atoms. The summed E-state index contributed by atoms with van der Waals surface area (Å²) in [4.78, 5) is 43.6. The van der Waals surface area contributed by atoms with Gasteiger partial charge in [-0.2, -0.15) is 9.97 Å². The summed E-state index contributed by atoms with van der Waals surface area (Å²) in [5.41, 5.74) is 12.0. The van der Waals surface area contributed by atoms with Gasteiger partial charge >= 0.3 is 0 Å². The smallest absolute Gasteiger partial charge is 0.280 e. The molecule has 12 nitrogen and oxygen atoms in total. The van der Waals surface area contributed by atoms with Crippen LogP contribution in [0.2, 0.25) is 0 Å². The molecular weight excluding hydrogens is 483 g/mol. The third-order valence-electron chi connectivity index (χ3n) is 4.01. The van der Waals surface area contributed by atoms with Gasteiger partial charge in [0.1, 0.15) is 0 Å². The molecule has 0 fully saturated rings. The second-order valence-electron chi connectivity index (χ2n) is 6.99. The average molecular weight is 506 g/mol. The molecule has 4 aromatic heterocycles. The van der Waals surface area contributed by atoms with Gasteiger partial charge in [0.2, 0.25) is 11.9 Å². The van der Waals surface area contributed by atoms with Crippen LogP contribution in [-0.2, 0) is 0 Å². The molecule has 4 aromatic rings. The van der Waals surface area contributed by atoms with Crippen LogP contribution in [0.1, 0.15) is 39.8 Å². The highest BCUT2D eigenvalue weighted by atomic mass is 35.6. The fraction of sp³-hybridized carbons (Fsp3) is 0.412. The summed E-state index contributed by atoms with van der Waals surface area (Å²) in [6.45, 7) is 7.95. The molecule has 0 aliphatic rings. The van der Waals surface area contributed by atoms with Gasteiger partial charge < -0.3 is 20.6 Å². The highest BCUT2D eigenvalue weighted by Crippen LogP contribution is 2.13. The predicted molar refractivity (Wildman–Crippen MR) is 127 cm³/mol. The Kier molecular flexibility index (Phi) is 8.47. The fourth-order valence-electron chi connectivity index (χ4n) is 2.64. The van der Waals surface area contributed by atoms with Crippen LogP contribution in [-0.4, -0.2) is 43.3 Å². The number of hydrogen-bond donors (Lipinski definition) is 4. The molecule has 15 heteroatoms. The van der Waals surface area contributed by atoms with Crippen LogP contribution in [0.15, 0.2) is 22.2 Å². The summed E-state index contributed by atoms with van der Waals surface area (Å²) in [7, 11) is 0. The molecule has 0 aliphatic carbocycles. The van der Waals surface area contributed by atoms with Crippen molar-refractivity contribution in [2.45, 2.75) is 44.1 Å². The Hall–Kier alpha value is -2.83. The van der Waals surface area contributed by atoms with Crippen molar-refractivity contribution in [1.82, 2.24) is 39.0 Å². The van der Waals surface area contributed by atoms with Crippen LogP contribution in [0.3, 0.4) is 0 Å². The molecule has 0 unspecified atom stereocenters. The first-order valence-electron chi connectivity index (χ1n) is 9.29. The summed E-state index contributed by atoms with van der Waals surface area (Å²) in [5.74, 6) is 0.231. The molecule has 0 bridgehead atoms. The van der Waals surface area contributed by atoms with Crippen LogP contribution >= 0.6 is 34.8 Å². The molecule has 0 atom stereocenters. The van der Waals surface area contributed by atoms with Crippen molar-refractivity contribution < 1.29 is 0 Å². The third kappa shape index (κ3) is 6.11. The topological polar surface area (TPSA) is 179 Å². The van der Waals surface area contributed by atoms with Gasteiger partial charge in [-0.1, -0.05) is 34.8 Å². The second kappa shape index (κ2) is 10.7. The summed E-state index contributed by atoms with van der Waals surface area (Å²) >= 11 is 14.4. The Labute approximate surface area is 196 Å². The summed E-state index contributed by atoms with van der Waals surface area (Å²) in [5, 5.41) is 0. The van der Waals surface area contributed by atoms with E-state index in [1.165, 1.54) is 0 Å². The minimum atomic E-state index is -0.750. The average Bonchev–Trinajstić information content (AvgIpc) is 3.26. The standard InChI is InChI=1S/2C8H11N5O.CHCl3/c2*1-4(2)13-3-10-5-6(13)11-8(9)12-7(5)14;2-1(3)4/h2*3-4H,1-2H3,(H3,9,11,12,14);1H. The number of rotatable bonds is 2. The van der Waals surface area contributed by atoms with Crippen LogP contribution in [0.5, 0.6) is 0 Å². The van der Waals surface area contributed by atoms with E-state index >= 15 is 0 Å². The molecule has 0 saturated carbocycles. The van der Waals surface area contributed by atoms with Crippen molar-refractivity contribution in [3.8, 4) is 0 Å². The van der Waals surface area contributed by atoms with Crippen molar-refractivity contribution >= 4 is 69.0 Å². The Morgan fingerprint density at radius 3 is 1.38 bits per heavy atom. The van der Waals surface area contributed by atoms with E-state index in [1.54, 1.807) is 21.8 Å². The molecule has 0 aromatic carbocycles. The quantitative estimate of drug-likeness (QED) is 0.300. The van der Waals surface area contributed by atoms with E-state index in [4.69, 9.17) is 46.3 Å². The first-order valence-corrected chi connectivity index (χ1v) is 10.6. The maximum Gasteiger partial charge on any atom is 0.280 e. The largest absolute Gasteiger partial charge is 0.369 e. The van der Waals surface area contributed by atoms with Crippen molar-refractivity contribution in [1.29, 1.82) is 0 Å². The zero-order valence-electron chi connectivity index (χ0n) is 17.7. The number of nitrogen functional groups attached to an aromatic ring is 2. The number of alkyl halides is 3. The van der Waals surface area contributed by atoms with Gasteiger partial charge in [-0.05, 0) is 27.7 Å². The number of imidazole rings is 2. The Morgan fingerprint density at radius 1 is 0.781 bits per heavy atom. The van der Waals surface area contributed by atoms with Crippen molar-refractivity contribution in [3.63, 3.8) is 0 Å². The number of nitrogens with zero attached hydrogens (tertiary/aromatic N) is 6. The second-order valence-corrected chi connectivity index (χ2v) is 8.96. The summed E-state index contributed by atoms with van der Waals surface area (Å²) < 4.78 is 2.86. The van der Waals surface area contributed by atoms with Gasteiger partial charge in [-0.3, -0.25) is 19.6 Å². The van der Waals surface area contributed by atoms with E-state index in [9.17, 15) is 9.59 Å². The van der Waals surface area contributed by atoms with Gasteiger partial charge in [0.15, 0.2) is 26.6 Å².